The molecule has 3 nitrogen and oxygen atoms in total. The van der Waals surface area contributed by atoms with Gasteiger partial charge in [0.05, 0.1) is 0 Å². The summed E-state index contributed by atoms with van der Waals surface area (Å²) >= 11 is 0. The number of nitrogens with zero attached hydrogens (tertiary/aromatic N) is 1. The van der Waals surface area contributed by atoms with E-state index in [4.69, 9.17) is 4.99 Å². The molecule has 1 heterocycles. The summed E-state index contributed by atoms with van der Waals surface area (Å²) in [6, 6.07) is 16.5. The van der Waals surface area contributed by atoms with Crippen molar-refractivity contribution < 1.29 is 5.11 Å². The first-order valence-electron chi connectivity index (χ1n) is 9.88. The summed E-state index contributed by atoms with van der Waals surface area (Å²) in [6.07, 6.45) is 7.40. The molecule has 4 rings (SSSR count). The maximum absolute atomic E-state index is 10.4. The molecule has 0 aromatic heterocycles. The highest BCUT2D eigenvalue weighted by Gasteiger charge is 2.31. The van der Waals surface area contributed by atoms with Crippen LogP contribution in [-0.4, -0.2) is 17.0 Å². The minimum atomic E-state index is 0.108. The minimum Gasteiger partial charge on any atom is -0.508 e. The first-order valence-corrected chi connectivity index (χ1v) is 9.88. The largest absolute Gasteiger partial charge is 0.508 e. The van der Waals surface area contributed by atoms with Gasteiger partial charge in [0.1, 0.15) is 11.9 Å². The second kappa shape index (κ2) is 7.63. The summed E-state index contributed by atoms with van der Waals surface area (Å²) in [5.74, 6) is 0.968. The van der Waals surface area contributed by atoms with Gasteiger partial charge in [-0.05, 0) is 37.3 Å². The average molecular weight is 348 g/mol. The minimum absolute atomic E-state index is 0.108. The molecule has 0 radical (unpaired) electrons. The van der Waals surface area contributed by atoms with Crippen molar-refractivity contribution in [1.82, 2.24) is 5.32 Å². The fourth-order valence-corrected chi connectivity index (χ4v) is 4.33. The Labute approximate surface area is 156 Å². The molecular weight excluding hydrogens is 320 g/mol. The lowest BCUT2D eigenvalue weighted by atomic mass is 9.84. The Balaban J connectivity index is 1.67. The number of phenolic OH excluding ortho intramolecular Hbond substituents is 1. The lowest BCUT2D eigenvalue weighted by Gasteiger charge is -2.36. The van der Waals surface area contributed by atoms with Crippen molar-refractivity contribution in [3.05, 3.63) is 65.2 Å². The first kappa shape index (κ1) is 17.3. The number of benzene rings is 2. The Bertz CT molecular complexity index is 775. The second-order valence-corrected chi connectivity index (χ2v) is 7.77. The highest BCUT2D eigenvalue weighted by atomic mass is 16.3. The van der Waals surface area contributed by atoms with Crippen LogP contribution in [0.15, 0.2) is 53.5 Å². The third-order valence-corrected chi connectivity index (χ3v) is 5.86. The lowest BCUT2D eigenvalue weighted by Crippen LogP contribution is -2.43. The van der Waals surface area contributed by atoms with E-state index < -0.39 is 0 Å². The number of aromatic hydroxyl groups is 1. The van der Waals surface area contributed by atoms with Crippen LogP contribution < -0.4 is 5.32 Å². The van der Waals surface area contributed by atoms with Gasteiger partial charge >= 0.3 is 0 Å². The molecule has 2 aliphatic rings. The molecule has 1 aliphatic carbocycles. The number of rotatable bonds is 3. The molecule has 2 aromatic carbocycles. The van der Waals surface area contributed by atoms with Crippen LogP contribution in [0.5, 0.6) is 5.75 Å². The summed E-state index contributed by atoms with van der Waals surface area (Å²) in [4.78, 5) is 5.13. The van der Waals surface area contributed by atoms with E-state index >= 15 is 0 Å². The van der Waals surface area contributed by atoms with Crippen LogP contribution in [0, 0.1) is 12.8 Å². The van der Waals surface area contributed by atoms with Gasteiger partial charge in [-0.3, -0.25) is 10.3 Å². The Kier molecular flexibility index (Phi) is 5.07. The topological polar surface area (TPSA) is 44.6 Å². The van der Waals surface area contributed by atoms with Crippen molar-refractivity contribution in [3.8, 4) is 5.75 Å². The molecule has 1 saturated carbocycles. The van der Waals surface area contributed by atoms with E-state index in [-0.39, 0.29) is 12.2 Å². The van der Waals surface area contributed by atoms with E-state index in [1.165, 1.54) is 43.2 Å². The summed E-state index contributed by atoms with van der Waals surface area (Å²) in [6.45, 7) is 2.11. The van der Waals surface area contributed by atoms with Crippen LogP contribution in [0.4, 0.5) is 0 Å². The van der Waals surface area contributed by atoms with Crippen molar-refractivity contribution in [2.75, 3.05) is 0 Å². The predicted octanol–water partition coefficient (Wildman–Crippen LogP) is 5.13. The number of hydrogen-bond acceptors (Lipinski definition) is 3. The summed E-state index contributed by atoms with van der Waals surface area (Å²) in [5, 5.41) is 14.1. The lowest BCUT2D eigenvalue weighted by molar-refractivity contribution is 0.249. The molecule has 0 spiro atoms. The van der Waals surface area contributed by atoms with E-state index in [0.717, 1.165) is 17.7 Å². The van der Waals surface area contributed by atoms with E-state index in [1.807, 2.05) is 18.2 Å². The molecule has 136 valence electrons. The maximum atomic E-state index is 10.4. The van der Waals surface area contributed by atoms with Crippen LogP contribution in [0.25, 0.3) is 0 Å². The number of nitrogens with one attached hydrogen (secondary N) is 1. The smallest absolute Gasteiger partial charge is 0.120 e. The molecule has 2 aromatic rings. The maximum Gasteiger partial charge on any atom is 0.120 e. The van der Waals surface area contributed by atoms with Crippen molar-refractivity contribution >= 4 is 5.71 Å². The Morgan fingerprint density at radius 1 is 0.962 bits per heavy atom. The van der Waals surface area contributed by atoms with Gasteiger partial charge in [-0.25, -0.2) is 0 Å². The van der Waals surface area contributed by atoms with E-state index in [9.17, 15) is 5.11 Å². The predicted molar refractivity (Wildman–Crippen MR) is 107 cm³/mol. The molecule has 0 amide bonds. The Morgan fingerprint density at radius 3 is 2.42 bits per heavy atom. The summed E-state index contributed by atoms with van der Waals surface area (Å²) in [7, 11) is 0. The zero-order chi connectivity index (χ0) is 17.9. The summed E-state index contributed by atoms with van der Waals surface area (Å²) in [5.41, 5.74) is 4.61. The van der Waals surface area contributed by atoms with Crippen molar-refractivity contribution in [2.45, 2.75) is 57.7 Å². The molecular formula is C23H28N2O. The van der Waals surface area contributed by atoms with Gasteiger partial charge in [0.25, 0.3) is 0 Å². The van der Waals surface area contributed by atoms with E-state index in [1.54, 1.807) is 6.07 Å². The van der Waals surface area contributed by atoms with Crippen LogP contribution in [0.1, 0.15) is 61.3 Å². The molecule has 2 atom stereocenters. The van der Waals surface area contributed by atoms with Crippen LogP contribution in [0.2, 0.25) is 0 Å². The van der Waals surface area contributed by atoms with Crippen LogP contribution >= 0.6 is 0 Å². The van der Waals surface area contributed by atoms with Gasteiger partial charge in [0.15, 0.2) is 0 Å². The molecule has 1 fully saturated rings. The highest BCUT2D eigenvalue weighted by Crippen LogP contribution is 2.35. The first-order chi connectivity index (χ1) is 12.7. The third-order valence-electron chi connectivity index (χ3n) is 5.86. The quantitative estimate of drug-likeness (QED) is 0.807. The second-order valence-electron chi connectivity index (χ2n) is 7.77. The highest BCUT2D eigenvalue weighted by molar-refractivity contribution is 6.01. The fraction of sp³-hybridized carbons (Fsp3) is 0.435. The zero-order valence-electron chi connectivity index (χ0n) is 15.5. The van der Waals surface area contributed by atoms with Gasteiger partial charge in [-0.1, -0.05) is 67.3 Å². The van der Waals surface area contributed by atoms with Gasteiger partial charge in [-0.15, -0.1) is 0 Å². The molecule has 3 heteroatoms. The molecule has 0 bridgehead atoms. The molecule has 0 unspecified atom stereocenters. The molecule has 0 saturated heterocycles. The van der Waals surface area contributed by atoms with Crippen molar-refractivity contribution in [1.29, 1.82) is 0 Å². The average Bonchev–Trinajstić information content (AvgIpc) is 2.69. The van der Waals surface area contributed by atoms with E-state index in [0.29, 0.717) is 11.7 Å². The monoisotopic (exact) mass is 348 g/mol. The zero-order valence-corrected chi connectivity index (χ0v) is 15.5. The van der Waals surface area contributed by atoms with Gasteiger partial charge in [0.2, 0.25) is 0 Å². The number of aliphatic imine (C=N–C) groups is 1. The molecule has 26 heavy (non-hydrogen) atoms. The van der Waals surface area contributed by atoms with Crippen molar-refractivity contribution in [2.24, 2.45) is 10.9 Å². The number of hydrogen-bond donors (Lipinski definition) is 2. The number of phenols is 1. The van der Waals surface area contributed by atoms with Crippen LogP contribution in [-0.2, 0) is 0 Å². The normalized spacial score (nSPS) is 24.3. The van der Waals surface area contributed by atoms with E-state index in [2.05, 4.69) is 36.5 Å². The fourth-order valence-electron chi connectivity index (χ4n) is 4.33. The number of aryl methyl sites for hydroxylation is 1. The Hall–Kier alpha value is -2.13. The standard InChI is InChI=1S/C23H28N2O/c1-16-11-13-17(14-12-16)20-15-21(19-9-5-6-10-22(19)26)25-23(24-20)18-7-3-2-4-8-18/h5-6,9-14,18,21,23,25-26H,2-4,7-8,15H2,1H3/t21-,23-/m1/s1. The molecule has 2 N–H and O–H groups in total. The Morgan fingerprint density at radius 2 is 1.69 bits per heavy atom. The SMILES string of the molecule is Cc1ccc(C2=N[C@@H](C3CCCCC3)N[C@@H](c3ccccc3O)C2)cc1. The van der Waals surface area contributed by atoms with Crippen molar-refractivity contribution in [3.63, 3.8) is 0 Å². The molecule has 1 aliphatic heterocycles. The van der Waals surface area contributed by atoms with Gasteiger partial charge < -0.3 is 5.11 Å². The summed E-state index contributed by atoms with van der Waals surface area (Å²) < 4.78 is 0. The van der Waals surface area contributed by atoms with Gasteiger partial charge in [-0.2, -0.15) is 0 Å². The third kappa shape index (κ3) is 3.68. The van der Waals surface area contributed by atoms with Crippen LogP contribution in [0.3, 0.4) is 0 Å². The number of para-hydroxylation sites is 1. The van der Waals surface area contributed by atoms with Gasteiger partial charge in [0, 0.05) is 23.7 Å².